The molecule has 3 nitrogen and oxygen atoms in total. The fraction of sp³-hybridized carbons (Fsp3) is 0.400. The molecule has 1 heterocycles. The summed E-state index contributed by atoms with van der Waals surface area (Å²) in [6.07, 6.45) is 2.66. The molecule has 0 aliphatic heterocycles. The van der Waals surface area contributed by atoms with Crippen molar-refractivity contribution in [3.63, 3.8) is 0 Å². The van der Waals surface area contributed by atoms with E-state index in [4.69, 9.17) is 17.3 Å². The largest absolute Gasteiger partial charge is 0.330 e. The van der Waals surface area contributed by atoms with Crippen LogP contribution in [0.2, 0.25) is 5.02 Å². The first-order valence-corrected chi connectivity index (χ1v) is 7.14. The monoisotopic (exact) mass is 277 g/mol. The molecule has 0 fully saturated rings. The van der Waals surface area contributed by atoms with Gasteiger partial charge in [0.15, 0.2) is 0 Å². The van der Waals surface area contributed by atoms with E-state index >= 15 is 0 Å². The molecule has 1 aromatic heterocycles. The third-order valence-corrected chi connectivity index (χ3v) is 3.56. The Bertz CT molecular complexity index is 561. The second-order valence-corrected chi connectivity index (χ2v) is 4.94. The van der Waals surface area contributed by atoms with Gasteiger partial charge in [-0.3, -0.25) is 0 Å². The molecule has 4 heteroatoms. The van der Waals surface area contributed by atoms with E-state index in [1.165, 1.54) is 5.69 Å². The van der Waals surface area contributed by atoms with Crippen molar-refractivity contribution in [1.82, 2.24) is 9.78 Å². The number of nitrogens with two attached hydrogens (primary N) is 1. The Hall–Kier alpha value is -1.32. The molecule has 0 radical (unpaired) electrons. The van der Waals surface area contributed by atoms with Gasteiger partial charge >= 0.3 is 0 Å². The lowest BCUT2D eigenvalue weighted by Crippen LogP contribution is -2.10. The van der Waals surface area contributed by atoms with Gasteiger partial charge in [0.25, 0.3) is 0 Å². The fourth-order valence-corrected chi connectivity index (χ4v) is 2.52. The second kappa shape index (κ2) is 6.22. The molecule has 0 amide bonds. The van der Waals surface area contributed by atoms with Gasteiger partial charge in [-0.2, -0.15) is 5.10 Å². The van der Waals surface area contributed by atoms with Crippen molar-refractivity contribution in [2.45, 2.75) is 33.1 Å². The summed E-state index contributed by atoms with van der Waals surface area (Å²) in [5.74, 6) is 0. The van der Waals surface area contributed by atoms with Gasteiger partial charge in [0.2, 0.25) is 0 Å². The second-order valence-electron chi connectivity index (χ2n) is 4.53. The number of hydrogen-bond acceptors (Lipinski definition) is 2. The Morgan fingerprint density at radius 1 is 1.26 bits per heavy atom. The van der Waals surface area contributed by atoms with Crippen molar-refractivity contribution in [3.8, 4) is 5.69 Å². The first-order chi connectivity index (χ1) is 9.21. The lowest BCUT2D eigenvalue weighted by molar-refractivity contribution is 0.781. The SMILES string of the molecule is CCc1cc(CC)n(-c2c(Cl)cccc2CCN)n1. The summed E-state index contributed by atoms with van der Waals surface area (Å²) in [7, 11) is 0. The summed E-state index contributed by atoms with van der Waals surface area (Å²) in [5.41, 5.74) is 10.1. The van der Waals surface area contributed by atoms with Gasteiger partial charge in [-0.15, -0.1) is 0 Å². The number of aromatic nitrogens is 2. The maximum Gasteiger partial charge on any atom is 0.0867 e. The summed E-state index contributed by atoms with van der Waals surface area (Å²) in [6.45, 7) is 4.85. The zero-order chi connectivity index (χ0) is 13.8. The van der Waals surface area contributed by atoms with E-state index in [1.807, 2.05) is 16.8 Å². The normalized spacial score (nSPS) is 10.9. The van der Waals surface area contributed by atoms with Crippen LogP contribution in [0.15, 0.2) is 24.3 Å². The van der Waals surface area contributed by atoms with Crippen LogP contribution in [-0.2, 0) is 19.3 Å². The predicted octanol–water partition coefficient (Wildman–Crippen LogP) is 3.15. The molecule has 0 atom stereocenters. The molecule has 0 saturated carbocycles. The summed E-state index contributed by atoms with van der Waals surface area (Å²) < 4.78 is 1.98. The highest BCUT2D eigenvalue weighted by Gasteiger charge is 2.14. The van der Waals surface area contributed by atoms with Crippen LogP contribution in [0.1, 0.15) is 30.8 Å². The van der Waals surface area contributed by atoms with Crippen LogP contribution in [0, 0.1) is 0 Å². The van der Waals surface area contributed by atoms with E-state index in [0.717, 1.165) is 41.2 Å². The Labute approximate surface area is 119 Å². The molecule has 2 rings (SSSR count). The third kappa shape index (κ3) is 2.82. The van der Waals surface area contributed by atoms with E-state index in [9.17, 15) is 0 Å². The minimum absolute atomic E-state index is 0.608. The van der Waals surface area contributed by atoms with Crippen LogP contribution in [0.4, 0.5) is 0 Å². The van der Waals surface area contributed by atoms with E-state index in [1.54, 1.807) is 0 Å². The maximum atomic E-state index is 6.38. The van der Waals surface area contributed by atoms with Gasteiger partial charge in [-0.1, -0.05) is 37.6 Å². The van der Waals surface area contributed by atoms with Gasteiger partial charge in [0, 0.05) is 5.69 Å². The number of benzene rings is 1. The average molecular weight is 278 g/mol. The van der Waals surface area contributed by atoms with Gasteiger partial charge in [-0.05, 0) is 43.5 Å². The molecule has 0 aliphatic carbocycles. The zero-order valence-electron chi connectivity index (χ0n) is 11.5. The molecule has 0 unspecified atom stereocenters. The van der Waals surface area contributed by atoms with E-state index in [0.29, 0.717) is 6.54 Å². The Balaban J connectivity index is 2.60. The van der Waals surface area contributed by atoms with Gasteiger partial charge in [0.1, 0.15) is 0 Å². The molecular formula is C15H20ClN3. The number of halogens is 1. The van der Waals surface area contributed by atoms with Crippen LogP contribution >= 0.6 is 11.6 Å². The number of aryl methyl sites for hydroxylation is 2. The third-order valence-electron chi connectivity index (χ3n) is 3.25. The number of hydrogen-bond donors (Lipinski definition) is 1. The molecule has 19 heavy (non-hydrogen) atoms. The minimum atomic E-state index is 0.608. The molecule has 1 aromatic carbocycles. The maximum absolute atomic E-state index is 6.38. The summed E-state index contributed by atoms with van der Waals surface area (Å²) in [6, 6.07) is 8.09. The van der Waals surface area contributed by atoms with E-state index in [2.05, 4.69) is 31.1 Å². The Morgan fingerprint density at radius 3 is 2.68 bits per heavy atom. The molecule has 0 aliphatic rings. The summed E-state index contributed by atoms with van der Waals surface area (Å²) in [5, 5.41) is 5.39. The highest BCUT2D eigenvalue weighted by molar-refractivity contribution is 6.32. The van der Waals surface area contributed by atoms with Crippen molar-refractivity contribution >= 4 is 11.6 Å². The number of nitrogens with zero attached hydrogens (tertiary/aromatic N) is 2. The van der Waals surface area contributed by atoms with E-state index < -0.39 is 0 Å². The van der Waals surface area contributed by atoms with Crippen molar-refractivity contribution in [2.24, 2.45) is 5.73 Å². The average Bonchev–Trinajstić information content (AvgIpc) is 2.82. The molecule has 2 N–H and O–H groups in total. The number of para-hydroxylation sites is 1. The van der Waals surface area contributed by atoms with Gasteiger partial charge in [-0.25, -0.2) is 4.68 Å². The summed E-state index contributed by atoms with van der Waals surface area (Å²) >= 11 is 6.38. The molecule has 102 valence electrons. The molecule has 0 bridgehead atoms. The highest BCUT2D eigenvalue weighted by atomic mass is 35.5. The quantitative estimate of drug-likeness (QED) is 0.912. The highest BCUT2D eigenvalue weighted by Crippen LogP contribution is 2.26. The molecule has 2 aromatic rings. The van der Waals surface area contributed by atoms with Gasteiger partial charge in [0.05, 0.1) is 16.4 Å². The van der Waals surface area contributed by atoms with Crippen LogP contribution < -0.4 is 5.73 Å². The van der Waals surface area contributed by atoms with Gasteiger partial charge < -0.3 is 5.73 Å². The fourth-order valence-electron chi connectivity index (χ4n) is 2.25. The first-order valence-electron chi connectivity index (χ1n) is 6.76. The topological polar surface area (TPSA) is 43.8 Å². The molecular weight excluding hydrogens is 258 g/mol. The lowest BCUT2D eigenvalue weighted by atomic mass is 10.1. The van der Waals surface area contributed by atoms with Crippen molar-refractivity contribution in [3.05, 3.63) is 46.2 Å². The molecule has 0 spiro atoms. The Kier molecular flexibility index (Phi) is 4.61. The minimum Gasteiger partial charge on any atom is -0.330 e. The van der Waals surface area contributed by atoms with Crippen molar-refractivity contribution < 1.29 is 0 Å². The molecule has 0 saturated heterocycles. The first kappa shape index (κ1) is 14.1. The lowest BCUT2D eigenvalue weighted by Gasteiger charge is -2.13. The van der Waals surface area contributed by atoms with Crippen molar-refractivity contribution in [1.29, 1.82) is 0 Å². The van der Waals surface area contributed by atoms with Crippen LogP contribution in [0.3, 0.4) is 0 Å². The van der Waals surface area contributed by atoms with Crippen LogP contribution in [-0.4, -0.2) is 16.3 Å². The van der Waals surface area contributed by atoms with E-state index in [-0.39, 0.29) is 0 Å². The van der Waals surface area contributed by atoms with Crippen LogP contribution in [0.25, 0.3) is 5.69 Å². The van der Waals surface area contributed by atoms with Crippen LogP contribution in [0.5, 0.6) is 0 Å². The number of rotatable bonds is 5. The zero-order valence-corrected chi connectivity index (χ0v) is 12.2. The Morgan fingerprint density at radius 2 is 2.05 bits per heavy atom. The summed E-state index contributed by atoms with van der Waals surface area (Å²) in [4.78, 5) is 0. The smallest absolute Gasteiger partial charge is 0.0867 e. The van der Waals surface area contributed by atoms with Crippen molar-refractivity contribution in [2.75, 3.05) is 6.54 Å². The predicted molar refractivity (Wildman–Crippen MR) is 80.1 cm³/mol. The standard InChI is InChI=1S/C15H20ClN3/c1-3-12-10-13(4-2)19(18-12)15-11(8-9-17)6-5-7-14(15)16/h5-7,10H,3-4,8-9,17H2,1-2H3.